The van der Waals surface area contributed by atoms with Crippen molar-refractivity contribution in [2.45, 2.75) is 45.8 Å². The zero-order chi connectivity index (χ0) is 21.8. The average molecular weight is 405 g/mol. The smallest absolute Gasteiger partial charge is 0.409 e. The number of para-hydroxylation sites is 1. The van der Waals surface area contributed by atoms with Crippen LogP contribution in [0.5, 0.6) is 0 Å². The zero-order valence-electron chi connectivity index (χ0n) is 18.1. The van der Waals surface area contributed by atoms with Gasteiger partial charge in [0.25, 0.3) is 5.91 Å². The van der Waals surface area contributed by atoms with Crippen molar-refractivity contribution in [3.8, 4) is 0 Å². The van der Waals surface area contributed by atoms with Crippen molar-refractivity contribution in [1.82, 2.24) is 9.80 Å². The van der Waals surface area contributed by atoms with Crippen molar-refractivity contribution in [2.75, 3.05) is 39.2 Å². The Labute approximate surface area is 172 Å². The Morgan fingerprint density at radius 2 is 1.90 bits per heavy atom. The van der Waals surface area contributed by atoms with E-state index in [1.807, 2.05) is 32.0 Å². The second kappa shape index (κ2) is 9.26. The second-order valence-corrected chi connectivity index (χ2v) is 7.34. The van der Waals surface area contributed by atoms with Crippen LogP contribution < -0.4 is 5.32 Å². The summed E-state index contributed by atoms with van der Waals surface area (Å²) >= 11 is 0. The molecule has 1 aliphatic rings. The van der Waals surface area contributed by atoms with E-state index >= 15 is 0 Å². The van der Waals surface area contributed by atoms with E-state index in [4.69, 9.17) is 9.47 Å². The predicted octanol–water partition coefficient (Wildman–Crippen LogP) is 2.34. The number of rotatable bonds is 5. The highest BCUT2D eigenvalue weighted by atomic mass is 16.6. The van der Waals surface area contributed by atoms with E-state index < -0.39 is 17.7 Å². The molecule has 1 aromatic rings. The number of piperidine rings is 1. The molecule has 1 fully saturated rings. The molecule has 1 N–H and O–H groups in total. The molecule has 8 nitrogen and oxygen atoms in total. The second-order valence-electron chi connectivity index (χ2n) is 7.34. The fraction of sp³-hybridized carbons (Fsp3) is 0.571. The molecule has 0 saturated carbocycles. The van der Waals surface area contributed by atoms with Crippen molar-refractivity contribution >= 4 is 23.6 Å². The van der Waals surface area contributed by atoms with Crippen LogP contribution in [0.4, 0.5) is 10.5 Å². The Hall–Kier alpha value is -2.61. The van der Waals surface area contributed by atoms with Crippen LogP contribution in [0.1, 0.15) is 31.4 Å². The van der Waals surface area contributed by atoms with Gasteiger partial charge in [-0.1, -0.05) is 18.2 Å². The van der Waals surface area contributed by atoms with Gasteiger partial charge in [0.05, 0.1) is 13.2 Å². The van der Waals surface area contributed by atoms with Crippen LogP contribution in [0.25, 0.3) is 0 Å². The molecule has 160 valence electrons. The molecular formula is C21H31N3O5. The molecule has 29 heavy (non-hydrogen) atoms. The largest absolute Gasteiger partial charge is 0.450 e. The van der Waals surface area contributed by atoms with Crippen LogP contribution in [0.15, 0.2) is 18.2 Å². The molecule has 1 aromatic carbocycles. The van der Waals surface area contributed by atoms with Crippen molar-refractivity contribution in [3.05, 3.63) is 29.3 Å². The maximum Gasteiger partial charge on any atom is 0.409 e. The van der Waals surface area contributed by atoms with E-state index in [0.717, 1.165) is 16.8 Å². The van der Waals surface area contributed by atoms with E-state index in [9.17, 15) is 14.4 Å². The molecule has 1 aliphatic heterocycles. The van der Waals surface area contributed by atoms with E-state index in [-0.39, 0.29) is 37.9 Å². The number of aryl methyl sites for hydroxylation is 2. The number of likely N-dealkylation sites (N-methyl/N-ethyl adjacent to an activating group) is 1. The number of anilines is 1. The number of carbonyl (C=O) groups excluding carboxylic acids is 3. The lowest BCUT2D eigenvalue weighted by Gasteiger charge is -2.49. The SMILES string of the molecule is CCOC(=O)N1CCC(C(=O)Nc2c(C)cccc2C)(N(C)C(C)=O)C(OC)C1. The lowest BCUT2D eigenvalue weighted by Crippen LogP contribution is -2.70. The summed E-state index contributed by atoms with van der Waals surface area (Å²) in [5, 5.41) is 3.01. The van der Waals surface area contributed by atoms with Crippen LogP contribution in [0, 0.1) is 13.8 Å². The predicted molar refractivity (Wildman–Crippen MR) is 110 cm³/mol. The normalized spacial score (nSPS) is 21.4. The fourth-order valence-corrected chi connectivity index (χ4v) is 3.87. The Morgan fingerprint density at radius 3 is 2.41 bits per heavy atom. The van der Waals surface area contributed by atoms with Gasteiger partial charge in [-0.2, -0.15) is 0 Å². The summed E-state index contributed by atoms with van der Waals surface area (Å²) < 4.78 is 10.7. The van der Waals surface area contributed by atoms with Gasteiger partial charge in [-0.15, -0.1) is 0 Å². The van der Waals surface area contributed by atoms with E-state index in [1.54, 1.807) is 14.0 Å². The van der Waals surface area contributed by atoms with Crippen LogP contribution >= 0.6 is 0 Å². The standard InChI is InChI=1S/C21H31N3O5/c1-7-29-20(27)24-12-11-21(17(13-24)28-6,23(5)16(4)25)19(26)22-18-14(2)9-8-10-15(18)3/h8-10,17H,7,11-13H2,1-6H3,(H,22,26). The summed E-state index contributed by atoms with van der Waals surface area (Å²) in [6.07, 6.45) is -0.931. The van der Waals surface area contributed by atoms with Crippen molar-refractivity contribution in [3.63, 3.8) is 0 Å². The molecule has 0 aliphatic carbocycles. The summed E-state index contributed by atoms with van der Waals surface area (Å²) in [7, 11) is 3.08. The van der Waals surface area contributed by atoms with Gasteiger partial charge >= 0.3 is 6.09 Å². The summed E-state index contributed by atoms with van der Waals surface area (Å²) in [6, 6.07) is 5.76. The van der Waals surface area contributed by atoms with Gasteiger partial charge in [0.15, 0.2) is 5.54 Å². The minimum atomic E-state index is -1.25. The molecule has 2 atom stereocenters. The van der Waals surface area contributed by atoms with E-state index in [2.05, 4.69) is 5.32 Å². The number of nitrogens with zero attached hydrogens (tertiary/aromatic N) is 2. The van der Waals surface area contributed by atoms with Crippen molar-refractivity contribution in [2.24, 2.45) is 0 Å². The van der Waals surface area contributed by atoms with Gasteiger partial charge < -0.3 is 24.6 Å². The number of carbonyl (C=O) groups is 3. The highest BCUT2D eigenvalue weighted by molar-refractivity contribution is 6.02. The quantitative estimate of drug-likeness (QED) is 0.812. The average Bonchev–Trinajstić information content (AvgIpc) is 2.69. The minimum Gasteiger partial charge on any atom is -0.450 e. The van der Waals surface area contributed by atoms with E-state index in [1.165, 1.54) is 23.8 Å². The molecule has 0 bridgehead atoms. The summed E-state index contributed by atoms with van der Waals surface area (Å²) in [4.78, 5) is 41.0. The lowest BCUT2D eigenvalue weighted by molar-refractivity contribution is -0.157. The van der Waals surface area contributed by atoms with Crippen molar-refractivity contribution < 1.29 is 23.9 Å². The molecular weight excluding hydrogens is 374 g/mol. The molecule has 1 saturated heterocycles. The third-order valence-corrected chi connectivity index (χ3v) is 5.68. The first kappa shape index (κ1) is 22.7. The first-order valence-electron chi connectivity index (χ1n) is 9.75. The number of likely N-dealkylation sites (tertiary alicyclic amines) is 1. The van der Waals surface area contributed by atoms with Gasteiger partial charge in [0.1, 0.15) is 6.10 Å². The first-order chi connectivity index (χ1) is 13.7. The topological polar surface area (TPSA) is 88.2 Å². The molecule has 3 amide bonds. The number of amides is 3. The highest BCUT2D eigenvalue weighted by Gasteiger charge is 2.54. The van der Waals surface area contributed by atoms with Crippen LogP contribution in [-0.4, -0.2) is 73.2 Å². The van der Waals surface area contributed by atoms with E-state index in [0.29, 0.717) is 0 Å². The zero-order valence-corrected chi connectivity index (χ0v) is 18.1. The Balaban J connectivity index is 2.42. The van der Waals surface area contributed by atoms with Crippen LogP contribution in [0.2, 0.25) is 0 Å². The minimum absolute atomic E-state index is 0.146. The number of methoxy groups -OCH3 is 1. The number of benzene rings is 1. The molecule has 2 rings (SSSR count). The lowest BCUT2D eigenvalue weighted by atomic mass is 9.81. The summed E-state index contributed by atoms with van der Waals surface area (Å²) in [6.45, 7) is 7.67. The van der Waals surface area contributed by atoms with Gasteiger partial charge in [0.2, 0.25) is 5.91 Å². The molecule has 0 radical (unpaired) electrons. The van der Waals surface area contributed by atoms with Gasteiger partial charge in [-0.05, 0) is 31.9 Å². The number of hydrogen-bond acceptors (Lipinski definition) is 5. The maximum atomic E-state index is 13.6. The fourth-order valence-electron chi connectivity index (χ4n) is 3.87. The number of nitrogens with one attached hydrogen (secondary N) is 1. The Kier molecular flexibility index (Phi) is 7.24. The first-order valence-corrected chi connectivity index (χ1v) is 9.75. The Morgan fingerprint density at radius 1 is 1.28 bits per heavy atom. The maximum absolute atomic E-state index is 13.6. The third kappa shape index (κ3) is 4.37. The van der Waals surface area contributed by atoms with Crippen LogP contribution in [0.3, 0.4) is 0 Å². The molecule has 0 aromatic heterocycles. The van der Waals surface area contributed by atoms with Crippen molar-refractivity contribution in [1.29, 1.82) is 0 Å². The summed E-state index contributed by atoms with van der Waals surface area (Å²) in [5.74, 6) is -0.587. The monoisotopic (exact) mass is 405 g/mol. The number of hydrogen-bond donors (Lipinski definition) is 1. The molecule has 2 unspecified atom stereocenters. The van der Waals surface area contributed by atoms with Gasteiger partial charge in [-0.3, -0.25) is 9.59 Å². The van der Waals surface area contributed by atoms with Gasteiger partial charge in [-0.25, -0.2) is 4.79 Å². The highest BCUT2D eigenvalue weighted by Crippen LogP contribution is 2.33. The number of ether oxygens (including phenoxy) is 2. The van der Waals surface area contributed by atoms with Crippen LogP contribution in [-0.2, 0) is 19.1 Å². The third-order valence-electron chi connectivity index (χ3n) is 5.68. The summed E-state index contributed by atoms with van der Waals surface area (Å²) in [5.41, 5.74) is 1.32. The molecule has 1 heterocycles. The van der Waals surface area contributed by atoms with Gasteiger partial charge in [0, 0.05) is 39.7 Å². The molecule has 8 heteroatoms. The Bertz CT molecular complexity index is 761. The molecule has 0 spiro atoms.